The first kappa shape index (κ1) is 13.7. The van der Waals surface area contributed by atoms with Crippen molar-refractivity contribution in [2.75, 3.05) is 5.32 Å². The molecule has 5 heteroatoms. The molecule has 2 N–H and O–H groups in total. The van der Waals surface area contributed by atoms with Crippen LogP contribution in [0, 0.1) is 5.82 Å². The SMILES string of the molecule is Fc1ccccc1NC(=S)NN=C1Cc2ccccc2C1. The Hall–Kier alpha value is -2.27. The minimum atomic E-state index is -0.345. The van der Waals surface area contributed by atoms with E-state index in [2.05, 4.69) is 28.0 Å². The minimum Gasteiger partial charge on any atom is -0.329 e. The maximum absolute atomic E-state index is 13.5. The molecule has 2 aromatic rings. The molecule has 0 saturated carbocycles. The van der Waals surface area contributed by atoms with Gasteiger partial charge in [0.25, 0.3) is 0 Å². The van der Waals surface area contributed by atoms with Gasteiger partial charge in [-0.1, -0.05) is 36.4 Å². The highest BCUT2D eigenvalue weighted by atomic mass is 32.1. The van der Waals surface area contributed by atoms with Crippen molar-refractivity contribution in [1.82, 2.24) is 5.43 Å². The van der Waals surface area contributed by atoms with Crippen LogP contribution in [0.1, 0.15) is 11.1 Å². The second kappa shape index (κ2) is 6.01. The lowest BCUT2D eigenvalue weighted by atomic mass is 10.1. The fraction of sp³-hybridized carbons (Fsp3) is 0.125. The zero-order chi connectivity index (χ0) is 14.7. The summed E-state index contributed by atoms with van der Waals surface area (Å²) in [6, 6.07) is 14.6. The van der Waals surface area contributed by atoms with Gasteiger partial charge in [0.2, 0.25) is 0 Å². The van der Waals surface area contributed by atoms with Crippen molar-refractivity contribution in [1.29, 1.82) is 0 Å². The predicted molar refractivity (Wildman–Crippen MR) is 87.0 cm³/mol. The lowest BCUT2D eigenvalue weighted by molar-refractivity contribution is 0.632. The van der Waals surface area contributed by atoms with E-state index in [0.29, 0.717) is 5.69 Å². The fourth-order valence-electron chi connectivity index (χ4n) is 2.33. The first-order chi connectivity index (χ1) is 10.2. The number of halogens is 1. The van der Waals surface area contributed by atoms with Crippen molar-refractivity contribution in [3.63, 3.8) is 0 Å². The van der Waals surface area contributed by atoms with Crippen molar-refractivity contribution in [3.05, 3.63) is 65.5 Å². The van der Waals surface area contributed by atoms with Crippen LogP contribution in [0.15, 0.2) is 53.6 Å². The average Bonchev–Trinajstić information content (AvgIpc) is 2.90. The zero-order valence-electron chi connectivity index (χ0n) is 11.3. The number of fused-ring (bicyclic) bond motifs is 1. The van der Waals surface area contributed by atoms with Crippen molar-refractivity contribution >= 4 is 28.7 Å². The molecular formula is C16H14FN3S. The number of nitrogens with one attached hydrogen (secondary N) is 2. The molecule has 0 radical (unpaired) electrons. The monoisotopic (exact) mass is 299 g/mol. The minimum absolute atomic E-state index is 0.281. The van der Waals surface area contributed by atoms with Gasteiger partial charge in [0.1, 0.15) is 5.82 Å². The van der Waals surface area contributed by atoms with Gasteiger partial charge in [-0.15, -0.1) is 0 Å². The second-order valence-electron chi connectivity index (χ2n) is 4.85. The molecule has 0 heterocycles. The normalized spacial score (nSPS) is 12.7. The summed E-state index contributed by atoms with van der Waals surface area (Å²) < 4.78 is 13.5. The molecule has 0 bridgehead atoms. The van der Waals surface area contributed by atoms with Gasteiger partial charge in [-0.25, -0.2) is 4.39 Å². The topological polar surface area (TPSA) is 36.4 Å². The Morgan fingerprint density at radius 2 is 1.62 bits per heavy atom. The van der Waals surface area contributed by atoms with Crippen LogP contribution < -0.4 is 10.7 Å². The van der Waals surface area contributed by atoms with E-state index in [9.17, 15) is 4.39 Å². The molecule has 3 nitrogen and oxygen atoms in total. The molecule has 2 aromatic carbocycles. The second-order valence-corrected chi connectivity index (χ2v) is 5.25. The van der Waals surface area contributed by atoms with E-state index in [-0.39, 0.29) is 10.9 Å². The molecule has 0 aromatic heterocycles. The maximum atomic E-state index is 13.5. The summed E-state index contributed by atoms with van der Waals surface area (Å²) in [4.78, 5) is 0. The maximum Gasteiger partial charge on any atom is 0.191 e. The molecule has 0 spiro atoms. The molecule has 3 rings (SSSR count). The van der Waals surface area contributed by atoms with Crippen molar-refractivity contribution < 1.29 is 4.39 Å². The Labute approximate surface area is 127 Å². The summed E-state index contributed by atoms with van der Waals surface area (Å²) in [5.41, 5.74) is 6.73. The third kappa shape index (κ3) is 3.25. The third-order valence-corrected chi connectivity index (χ3v) is 3.54. The van der Waals surface area contributed by atoms with Crippen LogP contribution in [0.5, 0.6) is 0 Å². The van der Waals surface area contributed by atoms with E-state index in [1.165, 1.54) is 17.2 Å². The van der Waals surface area contributed by atoms with E-state index in [1.54, 1.807) is 18.2 Å². The lowest BCUT2D eigenvalue weighted by Crippen LogP contribution is -2.25. The highest BCUT2D eigenvalue weighted by Crippen LogP contribution is 2.19. The zero-order valence-corrected chi connectivity index (χ0v) is 12.1. The fourth-order valence-corrected chi connectivity index (χ4v) is 2.48. The Bertz CT molecular complexity index is 685. The van der Waals surface area contributed by atoms with E-state index >= 15 is 0 Å². The lowest BCUT2D eigenvalue weighted by Gasteiger charge is -2.08. The van der Waals surface area contributed by atoms with Crippen LogP contribution in [-0.4, -0.2) is 10.8 Å². The molecular weight excluding hydrogens is 285 g/mol. The molecule has 1 aliphatic carbocycles. The number of para-hydroxylation sites is 1. The average molecular weight is 299 g/mol. The Morgan fingerprint density at radius 1 is 1.00 bits per heavy atom. The third-order valence-electron chi connectivity index (χ3n) is 3.35. The molecule has 1 aliphatic rings. The van der Waals surface area contributed by atoms with E-state index in [4.69, 9.17) is 12.2 Å². The number of benzene rings is 2. The van der Waals surface area contributed by atoms with Crippen LogP contribution in [0.25, 0.3) is 0 Å². The number of hydrogen-bond donors (Lipinski definition) is 2. The standard InChI is InChI=1S/C16H14FN3S/c17-14-7-3-4-8-15(14)18-16(21)20-19-13-9-11-5-1-2-6-12(11)10-13/h1-8H,9-10H2,(H2,18,20,21). The van der Waals surface area contributed by atoms with Crippen LogP contribution in [-0.2, 0) is 12.8 Å². The van der Waals surface area contributed by atoms with Crippen LogP contribution in [0.2, 0.25) is 0 Å². The van der Waals surface area contributed by atoms with Gasteiger partial charge in [0, 0.05) is 18.6 Å². The largest absolute Gasteiger partial charge is 0.329 e. The van der Waals surface area contributed by atoms with Crippen LogP contribution in [0.3, 0.4) is 0 Å². The number of hydrogen-bond acceptors (Lipinski definition) is 2. The molecule has 0 atom stereocenters. The molecule has 0 unspecified atom stereocenters. The van der Waals surface area contributed by atoms with Crippen molar-refractivity contribution in [2.45, 2.75) is 12.8 Å². The molecule has 0 aliphatic heterocycles. The number of anilines is 1. The summed E-state index contributed by atoms with van der Waals surface area (Å²) in [6.45, 7) is 0. The number of rotatable bonds is 2. The van der Waals surface area contributed by atoms with Gasteiger partial charge in [-0.2, -0.15) is 5.10 Å². The summed E-state index contributed by atoms with van der Waals surface area (Å²) in [6.07, 6.45) is 1.65. The van der Waals surface area contributed by atoms with Gasteiger partial charge >= 0.3 is 0 Å². The van der Waals surface area contributed by atoms with Gasteiger partial charge in [-0.3, -0.25) is 5.43 Å². The Balaban J connectivity index is 1.60. The van der Waals surface area contributed by atoms with E-state index in [1.807, 2.05) is 12.1 Å². The molecule has 106 valence electrons. The van der Waals surface area contributed by atoms with Gasteiger partial charge in [0.15, 0.2) is 5.11 Å². The van der Waals surface area contributed by atoms with E-state index < -0.39 is 0 Å². The Kier molecular flexibility index (Phi) is 3.92. The number of hydrazone groups is 1. The summed E-state index contributed by atoms with van der Waals surface area (Å²) in [5, 5.41) is 7.38. The highest BCUT2D eigenvalue weighted by molar-refractivity contribution is 7.80. The molecule has 0 amide bonds. The first-order valence-corrected chi connectivity index (χ1v) is 7.07. The number of thiocarbonyl (C=S) groups is 1. The van der Waals surface area contributed by atoms with Crippen molar-refractivity contribution in [2.24, 2.45) is 5.10 Å². The Morgan fingerprint density at radius 3 is 2.29 bits per heavy atom. The molecule has 0 fully saturated rings. The van der Waals surface area contributed by atoms with Crippen LogP contribution in [0.4, 0.5) is 10.1 Å². The van der Waals surface area contributed by atoms with Crippen LogP contribution >= 0.6 is 12.2 Å². The predicted octanol–water partition coefficient (Wildman–Crippen LogP) is 3.27. The van der Waals surface area contributed by atoms with Gasteiger partial charge < -0.3 is 5.32 Å². The quantitative estimate of drug-likeness (QED) is 0.660. The van der Waals surface area contributed by atoms with Gasteiger partial charge in [0.05, 0.1) is 5.69 Å². The molecule has 0 saturated heterocycles. The summed E-state index contributed by atoms with van der Waals surface area (Å²) in [7, 11) is 0. The first-order valence-electron chi connectivity index (χ1n) is 6.66. The summed E-state index contributed by atoms with van der Waals surface area (Å²) in [5.74, 6) is -0.345. The van der Waals surface area contributed by atoms with Crippen molar-refractivity contribution in [3.8, 4) is 0 Å². The van der Waals surface area contributed by atoms with Gasteiger partial charge in [-0.05, 0) is 35.5 Å². The smallest absolute Gasteiger partial charge is 0.191 e. The number of nitrogens with zero attached hydrogens (tertiary/aromatic N) is 1. The molecule has 21 heavy (non-hydrogen) atoms. The highest BCUT2D eigenvalue weighted by Gasteiger charge is 2.15. The van der Waals surface area contributed by atoms with E-state index in [0.717, 1.165) is 18.6 Å². The summed E-state index contributed by atoms with van der Waals surface area (Å²) >= 11 is 5.12.